The number of hydrogen-bond donors (Lipinski definition) is 0. The Balaban J connectivity index is 2.32. The number of esters is 1. The third-order valence-electron chi connectivity index (χ3n) is 2.77. The van der Waals surface area contributed by atoms with Crippen LogP contribution in [0.1, 0.15) is 27.2 Å². The third kappa shape index (κ3) is 1.43. The molecule has 3 nitrogen and oxygen atoms in total. The molecule has 4 heteroatoms. The molecule has 0 spiro atoms. The maximum Gasteiger partial charge on any atom is 0.338 e. The van der Waals surface area contributed by atoms with E-state index in [1.807, 2.05) is 13.8 Å². The van der Waals surface area contributed by atoms with Gasteiger partial charge in [-0.1, -0.05) is 22.6 Å². The van der Waals surface area contributed by atoms with Gasteiger partial charge in [-0.2, -0.15) is 0 Å². The van der Waals surface area contributed by atoms with E-state index in [4.69, 9.17) is 9.47 Å². The fourth-order valence-corrected chi connectivity index (χ4v) is 2.32. The van der Waals surface area contributed by atoms with Crippen LogP contribution in [0, 0.1) is 0 Å². The van der Waals surface area contributed by atoms with Crippen molar-refractivity contribution in [3.05, 3.63) is 11.3 Å². The molecule has 0 N–H and O–H groups in total. The van der Waals surface area contributed by atoms with Gasteiger partial charge in [-0.15, -0.1) is 0 Å². The highest BCUT2D eigenvalue weighted by Gasteiger charge is 2.45. The zero-order valence-corrected chi connectivity index (χ0v) is 10.6. The van der Waals surface area contributed by atoms with Gasteiger partial charge in [0.25, 0.3) is 0 Å². The van der Waals surface area contributed by atoms with Crippen LogP contribution in [0.25, 0.3) is 0 Å². The molecule has 2 aliphatic rings. The van der Waals surface area contributed by atoms with Crippen molar-refractivity contribution in [3.63, 3.8) is 0 Å². The molecule has 78 valence electrons. The molecular formula is C10H13IO3. The molecule has 0 aromatic carbocycles. The zero-order chi connectivity index (χ0) is 10.5. The molecule has 0 aliphatic carbocycles. The Morgan fingerprint density at radius 2 is 2.14 bits per heavy atom. The van der Waals surface area contributed by atoms with Crippen LogP contribution in [0.3, 0.4) is 0 Å². The van der Waals surface area contributed by atoms with E-state index in [2.05, 4.69) is 22.6 Å². The number of halogens is 1. The normalized spacial score (nSPS) is 35.0. The zero-order valence-electron chi connectivity index (χ0n) is 8.46. The molecule has 0 unspecified atom stereocenters. The van der Waals surface area contributed by atoms with E-state index < -0.39 is 0 Å². The fraction of sp³-hybridized carbons (Fsp3) is 0.700. The van der Waals surface area contributed by atoms with Gasteiger partial charge < -0.3 is 9.47 Å². The van der Waals surface area contributed by atoms with Crippen molar-refractivity contribution >= 4 is 28.6 Å². The number of hydrogen-bond acceptors (Lipinski definition) is 3. The Morgan fingerprint density at radius 1 is 1.50 bits per heavy atom. The predicted octanol–water partition coefficient (Wildman–Crippen LogP) is 2.19. The van der Waals surface area contributed by atoms with E-state index in [9.17, 15) is 4.79 Å². The minimum Gasteiger partial charge on any atom is -0.487 e. The number of fused-ring (bicyclic) bond motifs is 1. The van der Waals surface area contributed by atoms with Gasteiger partial charge in [0.2, 0.25) is 0 Å². The van der Waals surface area contributed by atoms with Crippen molar-refractivity contribution in [2.75, 3.05) is 0 Å². The van der Waals surface area contributed by atoms with E-state index in [0.29, 0.717) is 9.50 Å². The molecule has 2 heterocycles. The van der Waals surface area contributed by atoms with Crippen molar-refractivity contribution in [3.8, 4) is 0 Å². The molecule has 0 amide bonds. The van der Waals surface area contributed by atoms with Crippen LogP contribution in [0.15, 0.2) is 11.3 Å². The summed E-state index contributed by atoms with van der Waals surface area (Å²) in [6.45, 7) is 5.86. The summed E-state index contributed by atoms with van der Waals surface area (Å²) in [5.74, 6) is 0.513. The Morgan fingerprint density at radius 3 is 2.79 bits per heavy atom. The van der Waals surface area contributed by atoms with E-state index in [-0.39, 0.29) is 17.7 Å². The van der Waals surface area contributed by atoms with Crippen molar-refractivity contribution in [1.29, 1.82) is 0 Å². The molecule has 1 saturated heterocycles. The lowest BCUT2D eigenvalue weighted by Crippen LogP contribution is -2.43. The first kappa shape index (κ1) is 10.3. The first-order valence-corrected chi connectivity index (χ1v) is 5.91. The SMILES string of the molecule is CC1=C2OC(C)(C)[C@@H](I)C[C@H]2OC1=O. The number of alkyl halides is 1. The van der Waals surface area contributed by atoms with Gasteiger partial charge >= 0.3 is 5.97 Å². The summed E-state index contributed by atoms with van der Waals surface area (Å²) in [5.41, 5.74) is 0.424. The second-order valence-electron chi connectivity index (χ2n) is 4.29. The van der Waals surface area contributed by atoms with Crippen LogP contribution in [0.2, 0.25) is 0 Å². The molecular weight excluding hydrogens is 295 g/mol. The van der Waals surface area contributed by atoms with Crippen LogP contribution in [-0.2, 0) is 14.3 Å². The van der Waals surface area contributed by atoms with E-state index in [0.717, 1.165) is 12.2 Å². The maximum absolute atomic E-state index is 11.3. The van der Waals surface area contributed by atoms with Gasteiger partial charge in [0, 0.05) is 6.42 Å². The summed E-state index contributed by atoms with van der Waals surface area (Å²) in [6, 6.07) is 0. The second kappa shape index (κ2) is 3.12. The number of carbonyl (C=O) groups excluding carboxylic acids is 1. The lowest BCUT2D eigenvalue weighted by Gasteiger charge is -2.39. The van der Waals surface area contributed by atoms with Crippen LogP contribution in [-0.4, -0.2) is 21.6 Å². The molecule has 0 aromatic rings. The molecule has 0 bridgehead atoms. The topological polar surface area (TPSA) is 35.5 Å². The van der Waals surface area contributed by atoms with Gasteiger partial charge in [-0.25, -0.2) is 4.79 Å². The molecule has 0 saturated carbocycles. The predicted molar refractivity (Wildman–Crippen MR) is 60.2 cm³/mol. The van der Waals surface area contributed by atoms with E-state index in [1.165, 1.54) is 0 Å². The van der Waals surface area contributed by atoms with Crippen LogP contribution in [0.4, 0.5) is 0 Å². The Hall–Kier alpha value is -0.260. The molecule has 0 aromatic heterocycles. The van der Waals surface area contributed by atoms with Gasteiger partial charge in [-0.05, 0) is 20.8 Å². The van der Waals surface area contributed by atoms with Crippen molar-refractivity contribution in [2.24, 2.45) is 0 Å². The lowest BCUT2D eigenvalue weighted by molar-refractivity contribution is -0.143. The summed E-state index contributed by atoms with van der Waals surface area (Å²) in [7, 11) is 0. The van der Waals surface area contributed by atoms with Gasteiger partial charge in [0.15, 0.2) is 6.10 Å². The molecule has 14 heavy (non-hydrogen) atoms. The van der Waals surface area contributed by atoms with Crippen LogP contribution in [0.5, 0.6) is 0 Å². The van der Waals surface area contributed by atoms with Gasteiger partial charge in [0.05, 0.1) is 9.50 Å². The minimum atomic E-state index is -0.230. The Labute approximate surface area is 97.0 Å². The standard InChI is InChI=1S/C10H13IO3/c1-5-8-6(13-9(5)12)4-7(11)10(2,3)14-8/h6-7H,4H2,1-3H3/t6-,7+/m1/s1. The van der Waals surface area contributed by atoms with Crippen molar-refractivity contribution < 1.29 is 14.3 Å². The second-order valence-corrected chi connectivity index (χ2v) is 5.80. The highest BCUT2D eigenvalue weighted by atomic mass is 127. The molecule has 1 fully saturated rings. The summed E-state index contributed by atoms with van der Waals surface area (Å²) < 4.78 is 11.4. The van der Waals surface area contributed by atoms with E-state index >= 15 is 0 Å². The smallest absolute Gasteiger partial charge is 0.338 e. The third-order valence-corrected chi connectivity index (χ3v) is 4.77. The Bertz CT molecular complexity index is 319. The van der Waals surface area contributed by atoms with Gasteiger partial charge in [0.1, 0.15) is 11.4 Å². The highest BCUT2D eigenvalue weighted by Crippen LogP contribution is 2.41. The fourth-order valence-electron chi connectivity index (χ4n) is 1.73. The number of rotatable bonds is 0. The average molecular weight is 308 g/mol. The quantitative estimate of drug-likeness (QED) is 0.391. The van der Waals surface area contributed by atoms with Crippen molar-refractivity contribution in [1.82, 2.24) is 0 Å². The number of carbonyl (C=O) groups is 1. The monoisotopic (exact) mass is 308 g/mol. The average Bonchev–Trinajstić information content (AvgIpc) is 2.32. The summed E-state index contributed by atoms with van der Waals surface area (Å²) in [6.07, 6.45) is 0.712. The van der Waals surface area contributed by atoms with Crippen LogP contribution < -0.4 is 0 Å². The molecule has 2 aliphatic heterocycles. The lowest BCUT2D eigenvalue weighted by atomic mass is 9.95. The minimum absolute atomic E-state index is 0.141. The van der Waals surface area contributed by atoms with Crippen LogP contribution >= 0.6 is 22.6 Å². The summed E-state index contributed by atoms with van der Waals surface area (Å²) >= 11 is 2.35. The summed E-state index contributed by atoms with van der Waals surface area (Å²) in [4.78, 5) is 11.3. The van der Waals surface area contributed by atoms with E-state index in [1.54, 1.807) is 6.92 Å². The number of ether oxygens (including phenoxy) is 2. The molecule has 0 radical (unpaired) electrons. The Kier molecular flexibility index (Phi) is 2.28. The first-order chi connectivity index (χ1) is 6.42. The van der Waals surface area contributed by atoms with Gasteiger partial charge in [-0.3, -0.25) is 0 Å². The summed E-state index contributed by atoms with van der Waals surface area (Å²) in [5, 5.41) is 0. The molecule has 2 rings (SSSR count). The maximum atomic E-state index is 11.3. The highest BCUT2D eigenvalue weighted by molar-refractivity contribution is 14.1. The van der Waals surface area contributed by atoms with Crippen molar-refractivity contribution in [2.45, 2.75) is 42.8 Å². The largest absolute Gasteiger partial charge is 0.487 e. The molecule has 2 atom stereocenters. The first-order valence-electron chi connectivity index (χ1n) is 4.66.